The number of nitrogens with zero attached hydrogens (tertiary/aromatic N) is 2. The molecule has 0 saturated carbocycles. The van der Waals surface area contributed by atoms with Crippen LogP contribution in [0.5, 0.6) is 0 Å². The SMILES string of the molecule is Cc1ccsc1-c1cc2n(n1)C(C1CCCNC1)CCN2. The Balaban J connectivity index is 1.68. The molecule has 112 valence electrons. The van der Waals surface area contributed by atoms with Crippen molar-refractivity contribution >= 4 is 17.2 Å². The number of nitrogens with one attached hydrogen (secondary N) is 2. The van der Waals surface area contributed by atoms with Crippen LogP contribution >= 0.6 is 11.3 Å². The van der Waals surface area contributed by atoms with E-state index in [4.69, 9.17) is 5.10 Å². The molecule has 5 heteroatoms. The second kappa shape index (κ2) is 5.46. The fourth-order valence-electron chi connectivity index (χ4n) is 3.64. The molecule has 0 radical (unpaired) electrons. The van der Waals surface area contributed by atoms with Crippen LogP contribution in [-0.4, -0.2) is 29.4 Å². The Labute approximate surface area is 129 Å². The summed E-state index contributed by atoms with van der Waals surface area (Å²) in [7, 11) is 0. The molecule has 1 saturated heterocycles. The van der Waals surface area contributed by atoms with Gasteiger partial charge in [-0.3, -0.25) is 0 Å². The summed E-state index contributed by atoms with van der Waals surface area (Å²) in [5.74, 6) is 1.91. The Morgan fingerprint density at radius 1 is 1.33 bits per heavy atom. The van der Waals surface area contributed by atoms with E-state index in [1.165, 1.54) is 42.1 Å². The summed E-state index contributed by atoms with van der Waals surface area (Å²) >= 11 is 1.79. The van der Waals surface area contributed by atoms with Crippen molar-refractivity contribution in [2.45, 2.75) is 32.2 Å². The summed E-state index contributed by atoms with van der Waals surface area (Å²) in [5, 5.41) is 14.2. The Hall–Kier alpha value is -1.33. The third-order valence-electron chi connectivity index (χ3n) is 4.77. The maximum atomic E-state index is 4.95. The van der Waals surface area contributed by atoms with Crippen LogP contribution in [0.1, 0.15) is 30.9 Å². The van der Waals surface area contributed by atoms with Gasteiger partial charge >= 0.3 is 0 Å². The molecule has 4 heterocycles. The van der Waals surface area contributed by atoms with Crippen molar-refractivity contribution < 1.29 is 0 Å². The van der Waals surface area contributed by atoms with Crippen LogP contribution in [0.3, 0.4) is 0 Å². The minimum absolute atomic E-state index is 0.545. The van der Waals surface area contributed by atoms with Gasteiger partial charge in [0, 0.05) is 12.6 Å². The Kier molecular flexibility index (Phi) is 3.47. The largest absolute Gasteiger partial charge is 0.370 e. The predicted octanol–water partition coefficient (Wildman–Crippen LogP) is 3.28. The van der Waals surface area contributed by atoms with Crippen LogP contribution in [0.2, 0.25) is 0 Å². The van der Waals surface area contributed by atoms with E-state index < -0.39 is 0 Å². The quantitative estimate of drug-likeness (QED) is 0.894. The molecule has 2 unspecified atom stereocenters. The van der Waals surface area contributed by atoms with Gasteiger partial charge in [0.05, 0.1) is 10.9 Å². The van der Waals surface area contributed by atoms with Crippen molar-refractivity contribution in [3.63, 3.8) is 0 Å². The summed E-state index contributed by atoms with van der Waals surface area (Å²) in [6.07, 6.45) is 3.80. The lowest BCUT2D eigenvalue weighted by Crippen LogP contribution is -2.38. The molecular formula is C16H22N4S. The zero-order valence-electron chi connectivity index (χ0n) is 12.4. The normalized spacial score (nSPS) is 25.4. The molecule has 2 aliphatic heterocycles. The number of hydrogen-bond acceptors (Lipinski definition) is 4. The van der Waals surface area contributed by atoms with Crippen molar-refractivity contribution in [1.82, 2.24) is 15.1 Å². The first-order valence-corrected chi connectivity index (χ1v) is 8.79. The first-order valence-electron chi connectivity index (χ1n) is 7.91. The van der Waals surface area contributed by atoms with E-state index in [-0.39, 0.29) is 0 Å². The van der Waals surface area contributed by atoms with Crippen LogP contribution in [0.25, 0.3) is 10.6 Å². The molecule has 0 spiro atoms. The Bertz CT molecular complexity index is 624. The van der Waals surface area contributed by atoms with E-state index in [0.717, 1.165) is 24.7 Å². The maximum absolute atomic E-state index is 4.95. The molecule has 0 amide bonds. The van der Waals surface area contributed by atoms with E-state index in [2.05, 4.69) is 39.8 Å². The smallest absolute Gasteiger partial charge is 0.125 e. The third kappa shape index (κ3) is 2.38. The first-order chi connectivity index (χ1) is 10.3. The van der Waals surface area contributed by atoms with Crippen LogP contribution in [0.15, 0.2) is 17.5 Å². The molecule has 2 N–H and O–H groups in total. The van der Waals surface area contributed by atoms with Gasteiger partial charge in [0.2, 0.25) is 0 Å². The van der Waals surface area contributed by atoms with Gasteiger partial charge in [-0.2, -0.15) is 5.10 Å². The summed E-state index contributed by atoms with van der Waals surface area (Å²) in [6, 6.07) is 4.94. The third-order valence-corrected chi connectivity index (χ3v) is 5.81. The monoisotopic (exact) mass is 302 g/mol. The lowest BCUT2D eigenvalue weighted by atomic mass is 9.89. The van der Waals surface area contributed by atoms with Gasteiger partial charge in [-0.05, 0) is 62.2 Å². The number of hydrogen-bond donors (Lipinski definition) is 2. The maximum Gasteiger partial charge on any atom is 0.125 e. The lowest BCUT2D eigenvalue weighted by molar-refractivity contribution is 0.236. The van der Waals surface area contributed by atoms with Gasteiger partial charge < -0.3 is 10.6 Å². The molecule has 2 aliphatic rings. The highest BCUT2D eigenvalue weighted by molar-refractivity contribution is 7.13. The van der Waals surface area contributed by atoms with Gasteiger partial charge in [0.25, 0.3) is 0 Å². The number of anilines is 1. The van der Waals surface area contributed by atoms with Crippen molar-refractivity contribution in [1.29, 1.82) is 0 Å². The zero-order valence-corrected chi connectivity index (χ0v) is 13.2. The number of piperidine rings is 1. The highest BCUT2D eigenvalue weighted by Gasteiger charge is 2.30. The second-order valence-electron chi connectivity index (χ2n) is 6.18. The summed E-state index contributed by atoms with van der Waals surface area (Å²) < 4.78 is 2.26. The van der Waals surface area contributed by atoms with Gasteiger partial charge in [0.15, 0.2) is 0 Å². The molecule has 2 atom stereocenters. The van der Waals surface area contributed by atoms with Gasteiger partial charge in [-0.1, -0.05) is 0 Å². The highest BCUT2D eigenvalue weighted by Crippen LogP contribution is 2.37. The summed E-state index contributed by atoms with van der Waals surface area (Å²) in [6.45, 7) is 5.54. The molecule has 0 aromatic carbocycles. The van der Waals surface area contributed by atoms with Crippen LogP contribution in [0, 0.1) is 12.8 Å². The van der Waals surface area contributed by atoms with Gasteiger partial charge in [-0.25, -0.2) is 4.68 Å². The molecular weight excluding hydrogens is 280 g/mol. The summed E-state index contributed by atoms with van der Waals surface area (Å²) in [4.78, 5) is 1.30. The van der Waals surface area contributed by atoms with E-state index in [0.29, 0.717) is 6.04 Å². The molecule has 21 heavy (non-hydrogen) atoms. The minimum Gasteiger partial charge on any atom is -0.370 e. The number of thiophene rings is 1. The fraction of sp³-hybridized carbons (Fsp3) is 0.562. The number of rotatable bonds is 2. The molecule has 2 aromatic heterocycles. The molecule has 0 bridgehead atoms. The van der Waals surface area contributed by atoms with Gasteiger partial charge in [0.1, 0.15) is 11.5 Å². The van der Waals surface area contributed by atoms with Crippen molar-refractivity contribution in [3.8, 4) is 10.6 Å². The van der Waals surface area contributed by atoms with Crippen molar-refractivity contribution in [3.05, 3.63) is 23.1 Å². The van der Waals surface area contributed by atoms with E-state index in [9.17, 15) is 0 Å². The molecule has 4 rings (SSSR count). The zero-order chi connectivity index (χ0) is 14.2. The van der Waals surface area contributed by atoms with Crippen LogP contribution in [0.4, 0.5) is 5.82 Å². The summed E-state index contributed by atoms with van der Waals surface area (Å²) in [5.41, 5.74) is 2.45. The average Bonchev–Trinajstić information content (AvgIpc) is 3.13. The van der Waals surface area contributed by atoms with Crippen LogP contribution in [-0.2, 0) is 0 Å². The lowest BCUT2D eigenvalue weighted by Gasteiger charge is -2.34. The van der Waals surface area contributed by atoms with Crippen LogP contribution < -0.4 is 10.6 Å². The van der Waals surface area contributed by atoms with Crippen molar-refractivity contribution in [2.24, 2.45) is 5.92 Å². The first kappa shape index (κ1) is 13.3. The van der Waals surface area contributed by atoms with E-state index in [1.807, 2.05) is 0 Å². The second-order valence-corrected chi connectivity index (χ2v) is 7.10. The minimum atomic E-state index is 0.545. The number of fused-ring (bicyclic) bond motifs is 1. The molecule has 2 aromatic rings. The molecule has 1 fully saturated rings. The van der Waals surface area contributed by atoms with Gasteiger partial charge in [-0.15, -0.1) is 11.3 Å². The standard InChI is InChI=1S/C16H22N4S/c1-11-5-8-21-16(11)13-9-15-18-7-4-14(20(15)19-13)12-3-2-6-17-10-12/h5,8-9,12,14,17-18H,2-4,6-7,10H2,1H3. The topological polar surface area (TPSA) is 41.9 Å². The average molecular weight is 302 g/mol. The number of aryl methyl sites for hydroxylation is 1. The number of aromatic nitrogens is 2. The van der Waals surface area contributed by atoms with Crippen molar-refractivity contribution in [2.75, 3.05) is 25.0 Å². The van der Waals surface area contributed by atoms with E-state index >= 15 is 0 Å². The highest BCUT2D eigenvalue weighted by atomic mass is 32.1. The Morgan fingerprint density at radius 3 is 3.05 bits per heavy atom. The molecule has 4 nitrogen and oxygen atoms in total. The Morgan fingerprint density at radius 2 is 2.29 bits per heavy atom. The molecule has 0 aliphatic carbocycles. The fourth-order valence-corrected chi connectivity index (χ4v) is 4.52. The van der Waals surface area contributed by atoms with E-state index in [1.54, 1.807) is 11.3 Å². The predicted molar refractivity (Wildman–Crippen MR) is 88.0 cm³/mol.